The molecule has 0 radical (unpaired) electrons. The molecule has 0 bridgehead atoms. The predicted molar refractivity (Wildman–Crippen MR) is 163 cm³/mol. The van der Waals surface area contributed by atoms with Crippen LogP contribution in [0, 0.1) is 11.8 Å². The van der Waals surface area contributed by atoms with Crippen LogP contribution in [-0.4, -0.2) is 82.6 Å². The standard InChI is InChI=1S/C33H39N3O7/c1-6-7-8-16-9-11-17(12-10-16)19-15-22(35(2)3)20-13-18-14-21-26(36(4)5)29(39)25(32(34)42)31(41)33(21,43)30(40)23(18)28(38)24(20)27(19)37/h9-12,15,18,21,26,37-38,41,43H,6-8,13-14H2,1-5H3,(H2,34,42)/t18-,21-,26-,33-/m0/s1. The molecule has 0 aliphatic heterocycles. The molecule has 2 aromatic carbocycles. The molecular formula is C33H39N3O7. The van der Waals surface area contributed by atoms with Gasteiger partial charge in [0.2, 0.25) is 5.78 Å². The van der Waals surface area contributed by atoms with E-state index in [0.29, 0.717) is 11.1 Å². The van der Waals surface area contributed by atoms with Crippen molar-refractivity contribution in [3.63, 3.8) is 0 Å². The molecule has 0 heterocycles. The Morgan fingerprint density at radius 2 is 1.72 bits per heavy atom. The Labute approximate surface area is 250 Å². The van der Waals surface area contributed by atoms with Crippen molar-refractivity contribution < 1.29 is 34.8 Å². The number of benzene rings is 2. The zero-order valence-electron chi connectivity index (χ0n) is 25.1. The molecule has 0 saturated heterocycles. The molecule has 0 unspecified atom stereocenters. The average molecular weight is 590 g/mol. The molecule has 10 heteroatoms. The van der Waals surface area contributed by atoms with Crippen molar-refractivity contribution in [3.05, 3.63) is 63.9 Å². The van der Waals surface area contributed by atoms with Crippen molar-refractivity contribution in [2.45, 2.75) is 50.7 Å². The summed E-state index contributed by atoms with van der Waals surface area (Å²) in [5.74, 6) is -6.63. The number of aryl methyl sites for hydroxylation is 1. The lowest BCUT2D eigenvalue weighted by Crippen LogP contribution is -2.65. The third-order valence-corrected chi connectivity index (χ3v) is 9.26. The number of nitrogens with two attached hydrogens (primary N) is 1. The number of phenolic OH excluding ortho intramolecular Hbond substituents is 1. The number of unbranched alkanes of at least 4 members (excludes halogenated alkanes) is 1. The molecule has 43 heavy (non-hydrogen) atoms. The maximum absolute atomic E-state index is 14.2. The maximum Gasteiger partial charge on any atom is 0.255 e. The molecule has 3 aliphatic carbocycles. The zero-order chi connectivity index (χ0) is 31.5. The first-order valence-electron chi connectivity index (χ1n) is 14.6. The number of likely N-dealkylation sites (N-methyl/N-ethyl adjacent to an activating group) is 1. The Bertz CT molecular complexity index is 1590. The van der Waals surface area contributed by atoms with Gasteiger partial charge in [-0.25, -0.2) is 0 Å². The highest BCUT2D eigenvalue weighted by molar-refractivity contribution is 6.24. The van der Waals surface area contributed by atoms with Crippen LogP contribution in [0.25, 0.3) is 16.9 Å². The topological polar surface area (TPSA) is 165 Å². The van der Waals surface area contributed by atoms with Gasteiger partial charge in [-0.15, -0.1) is 0 Å². The van der Waals surface area contributed by atoms with Crippen LogP contribution in [0.1, 0.15) is 42.9 Å². The third-order valence-electron chi connectivity index (χ3n) is 9.26. The Hall–Kier alpha value is -4.15. The van der Waals surface area contributed by atoms with Crippen molar-refractivity contribution in [3.8, 4) is 16.9 Å². The molecule has 4 atom stereocenters. The number of phenols is 1. The lowest BCUT2D eigenvalue weighted by Gasteiger charge is -2.50. The summed E-state index contributed by atoms with van der Waals surface area (Å²) in [7, 11) is 6.85. The van der Waals surface area contributed by atoms with Gasteiger partial charge in [-0.3, -0.25) is 19.3 Å². The van der Waals surface area contributed by atoms with E-state index in [1.807, 2.05) is 49.3 Å². The monoisotopic (exact) mass is 589 g/mol. The molecule has 5 rings (SSSR count). The van der Waals surface area contributed by atoms with Gasteiger partial charge in [0, 0.05) is 36.8 Å². The van der Waals surface area contributed by atoms with Crippen molar-refractivity contribution >= 4 is 28.9 Å². The summed E-state index contributed by atoms with van der Waals surface area (Å²) in [4.78, 5) is 43.0. The molecular weight excluding hydrogens is 550 g/mol. The number of Topliss-reactive ketones (excluding diaryl/α,β-unsaturated/α-hetero) is 2. The number of aliphatic hydroxyl groups excluding tert-OH is 2. The lowest BCUT2D eigenvalue weighted by atomic mass is 9.57. The van der Waals surface area contributed by atoms with Crippen LogP contribution in [0.2, 0.25) is 0 Å². The summed E-state index contributed by atoms with van der Waals surface area (Å²) in [6, 6.07) is 8.57. The number of amides is 1. The van der Waals surface area contributed by atoms with Gasteiger partial charge in [0.25, 0.3) is 5.91 Å². The number of carbonyl (C=O) groups excluding carboxylic acids is 3. The van der Waals surface area contributed by atoms with Crippen molar-refractivity contribution in [2.24, 2.45) is 17.6 Å². The number of nitrogens with zero attached hydrogens (tertiary/aromatic N) is 2. The van der Waals surface area contributed by atoms with Crippen LogP contribution < -0.4 is 10.6 Å². The van der Waals surface area contributed by atoms with Gasteiger partial charge in [-0.05, 0) is 68.5 Å². The lowest BCUT2D eigenvalue weighted by molar-refractivity contribution is -0.153. The van der Waals surface area contributed by atoms with E-state index in [1.54, 1.807) is 14.1 Å². The number of aromatic hydroxyl groups is 1. The normalized spacial score (nSPS) is 25.0. The minimum Gasteiger partial charge on any atom is -0.508 e. The number of anilines is 1. The molecule has 1 fully saturated rings. The number of primary amides is 1. The van der Waals surface area contributed by atoms with Gasteiger partial charge in [0.15, 0.2) is 11.4 Å². The summed E-state index contributed by atoms with van der Waals surface area (Å²) < 4.78 is 0. The summed E-state index contributed by atoms with van der Waals surface area (Å²) in [6.45, 7) is 2.13. The Morgan fingerprint density at radius 3 is 2.28 bits per heavy atom. The minimum absolute atomic E-state index is 0.0420. The first-order chi connectivity index (χ1) is 20.2. The van der Waals surface area contributed by atoms with Crippen molar-refractivity contribution in [1.82, 2.24) is 4.90 Å². The summed E-state index contributed by atoms with van der Waals surface area (Å²) in [5, 5.41) is 46.2. The number of aliphatic hydroxyl groups is 3. The number of rotatable bonds is 7. The Morgan fingerprint density at radius 1 is 1.07 bits per heavy atom. The van der Waals surface area contributed by atoms with Crippen LogP contribution in [0.4, 0.5) is 5.69 Å². The second kappa shape index (κ2) is 10.8. The molecule has 1 amide bonds. The van der Waals surface area contributed by atoms with Gasteiger partial charge in [0.1, 0.15) is 22.8 Å². The maximum atomic E-state index is 14.2. The largest absolute Gasteiger partial charge is 0.508 e. The smallest absolute Gasteiger partial charge is 0.255 e. The van der Waals surface area contributed by atoms with E-state index in [4.69, 9.17) is 5.73 Å². The van der Waals surface area contributed by atoms with E-state index in [-0.39, 0.29) is 29.7 Å². The fourth-order valence-electron chi connectivity index (χ4n) is 7.14. The number of hydrogen-bond acceptors (Lipinski definition) is 9. The van der Waals surface area contributed by atoms with E-state index < -0.39 is 58.0 Å². The minimum atomic E-state index is -2.67. The number of ketones is 2. The van der Waals surface area contributed by atoms with Gasteiger partial charge >= 0.3 is 0 Å². The van der Waals surface area contributed by atoms with Gasteiger partial charge < -0.3 is 31.1 Å². The van der Waals surface area contributed by atoms with E-state index in [2.05, 4.69) is 6.92 Å². The number of carbonyl (C=O) groups is 3. The van der Waals surface area contributed by atoms with Crippen LogP contribution in [0.15, 0.2) is 47.2 Å². The molecule has 228 valence electrons. The highest BCUT2D eigenvalue weighted by Gasteiger charge is 2.64. The summed E-state index contributed by atoms with van der Waals surface area (Å²) >= 11 is 0. The van der Waals surface area contributed by atoms with Crippen LogP contribution in [-0.2, 0) is 27.2 Å². The Kier molecular flexibility index (Phi) is 7.64. The van der Waals surface area contributed by atoms with Crippen molar-refractivity contribution in [2.75, 3.05) is 33.1 Å². The van der Waals surface area contributed by atoms with Crippen LogP contribution in [0.5, 0.6) is 5.75 Å². The van der Waals surface area contributed by atoms with Gasteiger partial charge in [0.05, 0.1) is 11.6 Å². The SMILES string of the molecule is CCCCc1ccc(-c2cc(N(C)C)c3c(c2O)C(O)=C2C(=O)[C@]4(O)C(O)=C(C(N)=O)C(=O)[C@@H](N(C)C)[C@@H]4C[C@@H]2C3)cc1. The van der Waals surface area contributed by atoms with Gasteiger partial charge in [-0.1, -0.05) is 37.6 Å². The quantitative estimate of drug-likeness (QED) is 0.305. The molecule has 6 N–H and O–H groups in total. The van der Waals surface area contributed by atoms with Crippen molar-refractivity contribution in [1.29, 1.82) is 0 Å². The summed E-state index contributed by atoms with van der Waals surface area (Å²) in [6.07, 6.45) is 3.35. The first-order valence-corrected chi connectivity index (χ1v) is 14.6. The average Bonchev–Trinajstić information content (AvgIpc) is 2.93. The zero-order valence-corrected chi connectivity index (χ0v) is 25.1. The highest BCUT2D eigenvalue weighted by atomic mass is 16.3. The second-order valence-electron chi connectivity index (χ2n) is 12.3. The molecule has 1 saturated carbocycles. The van der Waals surface area contributed by atoms with E-state index in [0.717, 1.165) is 30.5 Å². The van der Waals surface area contributed by atoms with Crippen LogP contribution in [0.3, 0.4) is 0 Å². The highest BCUT2D eigenvalue weighted by Crippen LogP contribution is 2.54. The number of fused-ring (bicyclic) bond motifs is 3. The fraction of sp³-hybridized carbons (Fsp3) is 0.424. The molecule has 0 aromatic heterocycles. The summed E-state index contributed by atoms with van der Waals surface area (Å²) in [5.41, 5.74) is 5.54. The fourth-order valence-corrected chi connectivity index (χ4v) is 7.14. The van der Waals surface area contributed by atoms with Crippen LogP contribution >= 0.6 is 0 Å². The number of hydrogen-bond donors (Lipinski definition) is 5. The molecule has 0 spiro atoms. The van der Waals surface area contributed by atoms with E-state index >= 15 is 0 Å². The third kappa shape index (κ3) is 4.51. The van der Waals surface area contributed by atoms with E-state index in [9.17, 15) is 34.8 Å². The molecule has 2 aromatic rings. The first kappa shape index (κ1) is 30.3. The second-order valence-corrected chi connectivity index (χ2v) is 12.3. The Balaban J connectivity index is 1.71. The molecule has 3 aliphatic rings. The predicted octanol–water partition coefficient (Wildman–Crippen LogP) is 3.04. The molecule has 10 nitrogen and oxygen atoms in total. The van der Waals surface area contributed by atoms with E-state index in [1.165, 1.54) is 10.5 Å². The van der Waals surface area contributed by atoms with Gasteiger partial charge in [-0.2, -0.15) is 0 Å².